The fraction of sp³-hybridized carbons (Fsp3) is 0.370. The van der Waals surface area contributed by atoms with E-state index in [0.29, 0.717) is 53.5 Å². The molecule has 0 spiro atoms. The molecule has 4 aliphatic rings. The van der Waals surface area contributed by atoms with E-state index in [1.54, 1.807) is 36.9 Å². The Morgan fingerprint density at radius 1 is 1.32 bits per heavy atom. The third kappa shape index (κ3) is 4.16. The van der Waals surface area contributed by atoms with Crippen LogP contribution < -0.4 is 15.9 Å². The summed E-state index contributed by atoms with van der Waals surface area (Å²) in [6.07, 6.45) is 10.4. The number of nitrogens with two attached hydrogens (primary N) is 1. The first-order chi connectivity index (χ1) is 18.4. The molecule has 6 rings (SSSR count). The van der Waals surface area contributed by atoms with Crippen LogP contribution in [0.3, 0.4) is 0 Å². The summed E-state index contributed by atoms with van der Waals surface area (Å²) >= 11 is 1.42. The lowest BCUT2D eigenvalue weighted by Gasteiger charge is -2.35. The zero-order valence-corrected chi connectivity index (χ0v) is 22.2. The summed E-state index contributed by atoms with van der Waals surface area (Å²) in [5, 5.41) is 3.39. The average Bonchev–Trinajstić information content (AvgIpc) is 3.59. The number of aromatic nitrogens is 1. The van der Waals surface area contributed by atoms with E-state index in [-0.39, 0.29) is 22.3 Å². The number of aliphatic imine (C=N–C) groups is 2. The maximum Gasteiger partial charge on any atom is 0.268 e. The van der Waals surface area contributed by atoms with Gasteiger partial charge in [0.15, 0.2) is 5.13 Å². The Balaban J connectivity index is 1.35. The molecule has 0 saturated carbocycles. The van der Waals surface area contributed by atoms with Crippen molar-refractivity contribution in [1.29, 1.82) is 0 Å². The van der Waals surface area contributed by atoms with Gasteiger partial charge in [-0.3, -0.25) is 19.9 Å². The molecule has 2 fully saturated rings. The molecule has 3 atom stereocenters. The number of carbonyl (C=O) groups is 2. The van der Waals surface area contributed by atoms with E-state index in [9.17, 15) is 9.59 Å². The van der Waals surface area contributed by atoms with Gasteiger partial charge in [-0.25, -0.2) is 4.98 Å². The molecule has 0 bridgehead atoms. The van der Waals surface area contributed by atoms with E-state index in [2.05, 4.69) is 15.3 Å². The zero-order chi connectivity index (χ0) is 26.4. The normalized spacial score (nSPS) is 25.9. The predicted molar refractivity (Wildman–Crippen MR) is 146 cm³/mol. The number of allylic oxidation sites excluding steroid dienone is 1. The van der Waals surface area contributed by atoms with Crippen LogP contribution in [0, 0.1) is 12.8 Å². The Labute approximate surface area is 224 Å². The van der Waals surface area contributed by atoms with Crippen molar-refractivity contribution in [2.75, 3.05) is 18.5 Å². The molecule has 2 saturated heterocycles. The van der Waals surface area contributed by atoms with Crippen LogP contribution in [-0.4, -0.2) is 57.5 Å². The first kappa shape index (κ1) is 24.7. The lowest BCUT2D eigenvalue weighted by Crippen LogP contribution is -2.53. The van der Waals surface area contributed by atoms with Gasteiger partial charge in [0.25, 0.3) is 11.7 Å². The molecule has 2 aromatic rings. The highest BCUT2D eigenvalue weighted by Gasteiger charge is 2.48. The number of nitrogens with zero attached hydrogens (tertiary/aromatic N) is 5. The summed E-state index contributed by atoms with van der Waals surface area (Å²) in [6, 6.07) is 5.63. The number of hydrogen-bond acceptors (Lipinski definition) is 8. The van der Waals surface area contributed by atoms with Crippen LogP contribution in [0.5, 0.6) is 5.75 Å². The minimum atomic E-state index is -0.270. The van der Waals surface area contributed by atoms with Gasteiger partial charge in [-0.05, 0) is 51.3 Å². The summed E-state index contributed by atoms with van der Waals surface area (Å²) in [5.41, 5.74) is 2.80. The first-order valence-corrected chi connectivity index (χ1v) is 13.7. The maximum absolute atomic E-state index is 13.0. The summed E-state index contributed by atoms with van der Waals surface area (Å²) in [6.45, 7) is 4.89. The van der Waals surface area contributed by atoms with Gasteiger partial charge in [0.2, 0.25) is 11.6 Å². The molecule has 11 heteroatoms. The maximum atomic E-state index is 13.0. The van der Waals surface area contributed by atoms with Crippen LogP contribution in [0.1, 0.15) is 53.4 Å². The van der Waals surface area contributed by atoms with Crippen molar-refractivity contribution in [1.82, 2.24) is 9.88 Å². The monoisotopic (exact) mass is 532 g/mol. The SMILES string of the molecule is CCOc1cc(C(=O)Nc2ncc(C)s2)ccc1C1=NC([C@@H]2CC[C@H]3CCC(=O)N3C2)=C2C=NC=C[N+]12N. The number of nitrogens with one attached hydrogen (secondary N) is 1. The summed E-state index contributed by atoms with van der Waals surface area (Å²) in [4.78, 5) is 42.1. The van der Waals surface area contributed by atoms with E-state index in [4.69, 9.17) is 15.6 Å². The minimum Gasteiger partial charge on any atom is -0.493 e. The van der Waals surface area contributed by atoms with Crippen LogP contribution in [-0.2, 0) is 4.79 Å². The number of anilines is 1. The Morgan fingerprint density at radius 3 is 2.97 bits per heavy atom. The van der Waals surface area contributed by atoms with E-state index in [1.165, 1.54) is 11.3 Å². The van der Waals surface area contributed by atoms with E-state index < -0.39 is 0 Å². The molecule has 10 nitrogen and oxygen atoms in total. The Hall–Kier alpha value is -3.67. The van der Waals surface area contributed by atoms with Crippen LogP contribution in [0.25, 0.3) is 0 Å². The minimum absolute atomic E-state index is 0.0714. The number of fused-ring (bicyclic) bond motifs is 2. The second-order valence-electron chi connectivity index (χ2n) is 9.95. The van der Waals surface area contributed by atoms with Gasteiger partial charge in [0.1, 0.15) is 23.2 Å². The molecular weight excluding hydrogens is 502 g/mol. The third-order valence-electron chi connectivity index (χ3n) is 7.55. The van der Waals surface area contributed by atoms with Crippen molar-refractivity contribution in [3.63, 3.8) is 0 Å². The molecule has 1 aromatic heterocycles. The molecule has 0 radical (unpaired) electrons. The summed E-state index contributed by atoms with van der Waals surface area (Å²) in [7, 11) is 0. The molecule has 1 aromatic carbocycles. The summed E-state index contributed by atoms with van der Waals surface area (Å²) < 4.78 is 5.86. The topological polar surface area (TPSA) is 122 Å². The van der Waals surface area contributed by atoms with E-state index in [0.717, 1.165) is 35.5 Å². The number of amidine groups is 1. The molecule has 1 unspecified atom stereocenters. The zero-order valence-electron chi connectivity index (χ0n) is 21.4. The number of rotatable bonds is 6. The van der Waals surface area contributed by atoms with Crippen LogP contribution in [0.4, 0.5) is 5.13 Å². The van der Waals surface area contributed by atoms with E-state index >= 15 is 0 Å². The van der Waals surface area contributed by atoms with Gasteiger partial charge in [-0.15, -0.1) is 15.9 Å². The van der Waals surface area contributed by atoms with Gasteiger partial charge in [-0.2, -0.15) is 10.8 Å². The fourth-order valence-corrected chi connectivity index (χ4v) is 6.34. The second kappa shape index (κ2) is 9.57. The number of amides is 2. The molecule has 0 aliphatic carbocycles. The van der Waals surface area contributed by atoms with Crippen molar-refractivity contribution < 1.29 is 18.9 Å². The van der Waals surface area contributed by atoms with Crippen LogP contribution in [0.15, 0.2) is 58.2 Å². The fourth-order valence-electron chi connectivity index (χ4n) is 5.68. The molecule has 5 heterocycles. The lowest BCUT2D eigenvalue weighted by atomic mass is 9.90. The molecule has 3 N–H and O–H groups in total. The smallest absolute Gasteiger partial charge is 0.268 e. The van der Waals surface area contributed by atoms with Gasteiger partial charge in [0, 0.05) is 41.6 Å². The Bertz CT molecular complexity index is 1440. The average molecular weight is 533 g/mol. The molecular formula is C27H30N7O3S+. The highest BCUT2D eigenvalue weighted by molar-refractivity contribution is 7.15. The lowest BCUT2D eigenvalue weighted by molar-refractivity contribution is -0.750. The summed E-state index contributed by atoms with van der Waals surface area (Å²) in [5.74, 6) is 8.13. The van der Waals surface area contributed by atoms with Crippen molar-refractivity contribution in [2.45, 2.75) is 45.6 Å². The van der Waals surface area contributed by atoms with Crippen molar-refractivity contribution in [3.05, 3.63) is 64.2 Å². The van der Waals surface area contributed by atoms with Crippen molar-refractivity contribution >= 4 is 40.3 Å². The third-order valence-corrected chi connectivity index (χ3v) is 8.38. The first-order valence-electron chi connectivity index (χ1n) is 12.9. The number of ether oxygens (including phenoxy) is 1. The Morgan fingerprint density at radius 2 is 2.18 bits per heavy atom. The highest BCUT2D eigenvalue weighted by Crippen LogP contribution is 2.41. The number of piperidine rings is 1. The number of carbonyl (C=O) groups excluding carboxylic acids is 2. The number of hydrogen-bond donors (Lipinski definition) is 2. The van der Waals surface area contributed by atoms with Gasteiger partial charge < -0.3 is 9.64 Å². The second-order valence-corrected chi connectivity index (χ2v) is 11.2. The van der Waals surface area contributed by atoms with E-state index in [1.807, 2.05) is 24.8 Å². The molecule has 38 heavy (non-hydrogen) atoms. The molecule has 196 valence electrons. The van der Waals surface area contributed by atoms with Gasteiger partial charge >= 0.3 is 0 Å². The van der Waals surface area contributed by atoms with Crippen LogP contribution >= 0.6 is 11.3 Å². The van der Waals surface area contributed by atoms with Crippen molar-refractivity contribution in [2.24, 2.45) is 21.7 Å². The highest BCUT2D eigenvalue weighted by atomic mass is 32.1. The number of benzene rings is 1. The van der Waals surface area contributed by atoms with Crippen molar-refractivity contribution in [3.8, 4) is 5.75 Å². The Kier molecular flexibility index (Phi) is 6.21. The molecule has 4 aliphatic heterocycles. The largest absolute Gasteiger partial charge is 0.493 e. The van der Waals surface area contributed by atoms with Gasteiger partial charge in [-0.1, -0.05) is 0 Å². The number of aryl methyl sites for hydroxylation is 1. The predicted octanol–water partition coefficient (Wildman–Crippen LogP) is 3.72. The van der Waals surface area contributed by atoms with Crippen LogP contribution in [0.2, 0.25) is 0 Å². The quantitative estimate of drug-likeness (QED) is 0.434. The molecule has 2 amide bonds. The van der Waals surface area contributed by atoms with Gasteiger partial charge in [0.05, 0.1) is 19.0 Å². The number of thiazole rings is 1. The standard InChI is InChI=1S/C27H29N7O3S/c1-3-37-22-12-17(26(36)32-27-30-13-16(2)38-27)5-8-20(22)25-31-24(21-14-29-10-11-34(21,25)28)18-4-6-19-7-9-23(35)33(19)15-18/h5,8,10-14,18-19H,3-4,6-7,9,15,28H2,1-2H3/p+1/t18-,19+,34?/m1/s1. The number of quaternary nitrogens is 1.